The Morgan fingerprint density at radius 3 is 2.50 bits per heavy atom. The first-order valence-corrected chi connectivity index (χ1v) is 5.88. The molecular formula is C15H8F3O4-. The summed E-state index contributed by atoms with van der Waals surface area (Å²) in [6.07, 6.45) is -3.92. The van der Waals surface area contributed by atoms with Crippen LogP contribution in [0.1, 0.15) is 15.9 Å². The predicted octanol–water partition coefficient (Wildman–Crippen LogP) is 2.81. The van der Waals surface area contributed by atoms with E-state index in [1.54, 1.807) is 0 Å². The number of fused-ring (bicyclic) bond motifs is 1. The highest BCUT2D eigenvalue weighted by molar-refractivity contribution is 6.05. The smallest absolute Gasteiger partial charge is 0.455 e. The van der Waals surface area contributed by atoms with Gasteiger partial charge in [0.2, 0.25) is 0 Å². The van der Waals surface area contributed by atoms with Crippen LogP contribution in [0.15, 0.2) is 46.6 Å². The zero-order valence-electron chi connectivity index (χ0n) is 11.0. The summed E-state index contributed by atoms with van der Waals surface area (Å²) in [4.78, 5) is 22.7. The zero-order chi connectivity index (χ0) is 16.7. The van der Waals surface area contributed by atoms with Crippen LogP contribution < -0.4 is 10.7 Å². The van der Waals surface area contributed by atoms with Gasteiger partial charge >= 0.3 is 11.8 Å². The Kier molecular flexibility index (Phi) is 3.66. The molecule has 1 aromatic heterocycles. The van der Waals surface area contributed by atoms with Gasteiger partial charge in [0.05, 0.1) is 0 Å². The second-order valence-electron chi connectivity index (χ2n) is 4.36. The molecule has 1 heterocycles. The summed E-state index contributed by atoms with van der Waals surface area (Å²) >= 11 is 0. The maximum atomic E-state index is 12.4. The van der Waals surface area contributed by atoms with Crippen LogP contribution in [0.25, 0.3) is 16.5 Å². The molecule has 7 heteroatoms. The molecule has 0 atom stereocenters. The number of allylic oxidation sites excluding steroid dienone is 2. The van der Waals surface area contributed by atoms with Gasteiger partial charge in [0.25, 0.3) is 5.78 Å². The van der Waals surface area contributed by atoms with Crippen molar-refractivity contribution in [2.75, 3.05) is 0 Å². The number of rotatable bonds is 3. The summed E-state index contributed by atoms with van der Waals surface area (Å²) in [7, 11) is 0. The Bertz CT molecular complexity index is 859. The van der Waals surface area contributed by atoms with E-state index in [4.69, 9.17) is 0 Å². The van der Waals surface area contributed by atoms with Gasteiger partial charge in [-0.3, -0.25) is 4.79 Å². The van der Waals surface area contributed by atoms with Gasteiger partial charge in [0.1, 0.15) is 11.1 Å². The monoisotopic (exact) mass is 309 g/mol. The van der Waals surface area contributed by atoms with E-state index in [0.29, 0.717) is 11.1 Å². The number of hydrogen-bond acceptors (Lipinski definition) is 4. The van der Waals surface area contributed by atoms with Crippen molar-refractivity contribution in [3.05, 3.63) is 59.0 Å². The van der Waals surface area contributed by atoms with Crippen LogP contribution in [0.5, 0.6) is 5.75 Å². The maximum absolute atomic E-state index is 12.4. The lowest BCUT2D eigenvalue weighted by atomic mass is 10.0. The summed E-state index contributed by atoms with van der Waals surface area (Å²) in [5.74, 6) is -3.84. The molecule has 0 saturated heterocycles. The van der Waals surface area contributed by atoms with E-state index >= 15 is 0 Å². The van der Waals surface area contributed by atoms with Gasteiger partial charge in [-0.1, -0.05) is 37.1 Å². The molecule has 1 aromatic carbocycles. The second-order valence-corrected chi connectivity index (χ2v) is 4.36. The first kappa shape index (κ1) is 15.6. The van der Waals surface area contributed by atoms with E-state index in [-0.39, 0.29) is 11.0 Å². The fourth-order valence-electron chi connectivity index (χ4n) is 1.83. The molecular weight excluding hydrogens is 301 g/mol. The fraction of sp³-hybridized carbons (Fsp3) is 0.0667. The summed E-state index contributed by atoms with van der Waals surface area (Å²) in [5.41, 5.74) is -2.46. The summed E-state index contributed by atoms with van der Waals surface area (Å²) in [6, 6.07) is 3.83. The molecule has 22 heavy (non-hydrogen) atoms. The number of benzene rings is 1. The van der Waals surface area contributed by atoms with Crippen molar-refractivity contribution < 1.29 is 27.5 Å². The molecule has 0 aliphatic carbocycles. The molecule has 0 saturated carbocycles. The van der Waals surface area contributed by atoms with Gasteiger partial charge in [0, 0.05) is 5.39 Å². The molecule has 0 fully saturated rings. The fourth-order valence-corrected chi connectivity index (χ4v) is 1.83. The molecule has 2 rings (SSSR count). The van der Waals surface area contributed by atoms with Gasteiger partial charge in [-0.15, -0.1) is 0 Å². The Hall–Kier alpha value is -2.83. The molecule has 0 spiro atoms. The molecule has 0 amide bonds. The lowest BCUT2D eigenvalue weighted by Gasteiger charge is -2.15. The highest BCUT2D eigenvalue weighted by Crippen LogP contribution is 2.30. The predicted molar refractivity (Wildman–Crippen MR) is 71.5 cm³/mol. The minimum atomic E-state index is -5.33. The minimum Gasteiger partial charge on any atom is -0.871 e. The van der Waals surface area contributed by atoms with Gasteiger partial charge in [-0.25, -0.2) is 4.79 Å². The van der Waals surface area contributed by atoms with Crippen molar-refractivity contribution in [3.8, 4) is 5.75 Å². The van der Waals surface area contributed by atoms with Crippen molar-refractivity contribution in [1.29, 1.82) is 0 Å². The topological polar surface area (TPSA) is 70.3 Å². The molecule has 0 bridgehead atoms. The highest BCUT2D eigenvalue weighted by atomic mass is 19.4. The molecule has 0 unspecified atom stereocenters. The van der Waals surface area contributed by atoms with Crippen molar-refractivity contribution in [2.45, 2.75) is 6.18 Å². The molecule has 2 aromatic rings. The Labute approximate surface area is 121 Å². The normalized spacial score (nSPS) is 11.4. The number of carbonyl (C=O) groups excluding carboxylic acids is 1. The van der Waals surface area contributed by atoms with E-state index in [9.17, 15) is 27.9 Å². The largest absolute Gasteiger partial charge is 0.871 e. The quantitative estimate of drug-likeness (QED) is 0.496. The average Bonchev–Trinajstić information content (AvgIpc) is 2.44. The van der Waals surface area contributed by atoms with Gasteiger partial charge in [-0.2, -0.15) is 13.2 Å². The Morgan fingerprint density at radius 2 is 1.95 bits per heavy atom. The van der Waals surface area contributed by atoms with E-state index in [1.807, 2.05) is 0 Å². The molecule has 0 radical (unpaired) electrons. The van der Waals surface area contributed by atoms with Crippen LogP contribution in [-0.2, 0) is 0 Å². The van der Waals surface area contributed by atoms with Crippen LogP contribution in [-0.4, -0.2) is 12.0 Å². The van der Waals surface area contributed by atoms with Crippen LogP contribution in [0.4, 0.5) is 13.2 Å². The standard InChI is InChI=1S/C15H9F3O4/c1-3-7(2)8-4-5-9-10(6-8)22-14(21)11(12(9)19)13(20)15(16,17)18/h3-6,19H,1-2H2/p-1. The van der Waals surface area contributed by atoms with E-state index in [2.05, 4.69) is 17.6 Å². The van der Waals surface area contributed by atoms with Crippen LogP contribution in [0.2, 0.25) is 0 Å². The van der Waals surface area contributed by atoms with Crippen molar-refractivity contribution >= 4 is 22.3 Å². The second kappa shape index (κ2) is 5.18. The number of halogens is 3. The molecule has 0 aliphatic heterocycles. The summed E-state index contributed by atoms with van der Waals surface area (Å²) in [6.45, 7) is 7.15. The summed E-state index contributed by atoms with van der Waals surface area (Å²) in [5, 5.41) is 11.7. The SMILES string of the molecule is C=CC(=C)c1ccc2c([O-])c(C(=O)C(F)(F)F)c(=O)oc2c1. The first-order valence-electron chi connectivity index (χ1n) is 5.88. The number of alkyl halides is 3. The van der Waals surface area contributed by atoms with Crippen molar-refractivity contribution in [1.82, 2.24) is 0 Å². The third-order valence-corrected chi connectivity index (χ3v) is 2.96. The minimum absolute atomic E-state index is 0.228. The zero-order valence-corrected chi connectivity index (χ0v) is 11.0. The number of hydrogen-bond donors (Lipinski definition) is 0. The summed E-state index contributed by atoms with van der Waals surface area (Å²) < 4.78 is 41.9. The molecule has 114 valence electrons. The molecule has 4 nitrogen and oxygen atoms in total. The van der Waals surface area contributed by atoms with Crippen molar-refractivity contribution in [3.63, 3.8) is 0 Å². The average molecular weight is 309 g/mol. The number of carbonyl (C=O) groups is 1. The number of Topliss-reactive ketones (excluding diaryl/α,β-unsaturated/α-hetero) is 1. The van der Waals surface area contributed by atoms with Gasteiger partial charge in [-0.05, 0) is 17.2 Å². The van der Waals surface area contributed by atoms with Gasteiger partial charge < -0.3 is 9.52 Å². The molecule has 0 aliphatic rings. The number of ketones is 1. The lowest BCUT2D eigenvalue weighted by molar-refractivity contribution is -0.266. The highest BCUT2D eigenvalue weighted by Gasteiger charge is 2.41. The van der Waals surface area contributed by atoms with Crippen molar-refractivity contribution in [2.24, 2.45) is 0 Å². The Morgan fingerprint density at radius 1 is 1.32 bits per heavy atom. The molecule has 0 N–H and O–H groups in total. The Balaban J connectivity index is 2.75. The lowest BCUT2D eigenvalue weighted by Crippen LogP contribution is -2.29. The van der Waals surface area contributed by atoms with E-state index in [1.165, 1.54) is 18.2 Å². The first-order chi connectivity index (χ1) is 10.2. The van der Waals surface area contributed by atoms with Crippen LogP contribution >= 0.6 is 0 Å². The van der Waals surface area contributed by atoms with Crippen LogP contribution in [0, 0.1) is 0 Å². The maximum Gasteiger partial charge on any atom is 0.455 e. The third kappa shape index (κ3) is 2.52. The third-order valence-electron chi connectivity index (χ3n) is 2.96. The van der Waals surface area contributed by atoms with E-state index in [0.717, 1.165) is 6.07 Å². The van der Waals surface area contributed by atoms with E-state index < -0.39 is 28.9 Å². The van der Waals surface area contributed by atoms with Gasteiger partial charge in [0.15, 0.2) is 0 Å². The van der Waals surface area contributed by atoms with Crippen LogP contribution in [0.3, 0.4) is 0 Å².